The number of thiophene rings is 1. The third kappa shape index (κ3) is 2.44. The number of nitrogens with two attached hydrogens (primary N) is 1. The molecule has 3 heterocycles. The van der Waals surface area contributed by atoms with Crippen molar-refractivity contribution in [1.82, 2.24) is 9.88 Å². The van der Waals surface area contributed by atoms with Gasteiger partial charge in [-0.05, 0) is 42.5 Å². The minimum Gasteiger partial charge on any atom is -0.397 e. The van der Waals surface area contributed by atoms with Gasteiger partial charge < -0.3 is 10.6 Å². The Morgan fingerprint density at radius 1 is 1.25 bits per heavy atom. The first-order chi connectivity index (χ1) is 11.5. The molecule has 4 rings (SSSR count). The van der Waals surface area contributed by atoms with Gasteiger partial charge in [0.05, 0.1) is 11.2 Å². The van der Waals surface area contributed by atoms with Crippen molar-refractivity contribution in [2.75, 3.05) is 18.8 Å². The average Bonchev–Trinajstić information content (AvgIpc) is 3.21. The second kappa shape index (κ2) is 5.74. The van der Waals surface area contributed by atoms with Crippen molar-refractivity contribution in [2.24, 2.45) is 0 Å². The minimum absolute atomic E-state index is 0.0555. The highest BCUT2D eigenvalue weighted by molar-refractivity contribution is 7.21. The van der Waals surface area contributed by atoms with E-state index >= 15 is 0 Å². The second-order valence-electron chi connectivity index (χ2n) is 6.79. The Morgan fingerprint density at radius 2 is 2.00 bits per heavy atom. The SMILES string of the molecule is CC(C)c1ccc2nc3sc(C(=O)N4CCCC4)c(N)c3cc2c1. The fraction of sp³-hybridized carbons (Fsp3) is 0.368. The van der Waals surface area contributed by atoms with E-state index in [9.17, 15) is 4.79 Å². The molecule has 0 saturated carbocycles. The normalized spacial score (nSPS) is 15.0. The zero-order valence-electron chi connectivity index (χ0n) is 14.0. The van der Waals surface area contributed by atoms with E-state index in [-0.39, 0.29) is 5.91 Å². The summed E-state index contributed by atoms with van der Waals surface area (Å²) in [5.74, 6) is 0.525. The first-order valence-electron chi connectivity index (χ1n) is 8.46. The van der Waals surface area contributed by atoms with Crippen molar-refractivity contribution in [3.8, 4) is 0 Å². The Morgan fingerprint density at radius 3 is 2.71 bits per heavy atom. The minimum atomic E-state index is 0.0555. The monoisotopic (exact) mass is 339 g/mol. The molecule has 1 fully saturated rings. The fourth-order valence-corrected chi connectivity index (χ4v) is 4.36. The molecule has 1 aliphatic heterocycles. The van der Waals surface area contributed by atoms with Crippen molar-refractivity contribution in [2.45, 2.75) is 32.6 Å². The van der Waals surface area contributed by atoms with E-state index in [4.69, 9.17) is 10.7 Å². The van der Waals surface area contributed by atoms with Crippen LogP contribution in [0.25, 0.3) is 21.1 Å². The van der Waals surface area contributed by atoms with Gasteiger partial charge in [0.25, 0.3) is 5.91 Å². The van der Waals surface area contributed by atoms with Crippen LogP contribution in [0, 0.1) is 0 Å². The number of likely N-dealkylation sites (tertiary alicyclic amines) is 1. The molecule has 0 spiro atoms. The topological polar surface area (TPSA) is 59.2 Å². The lowest BCUT2D eigenvalue weighted by Gasteiger charge is -2.14. The Balaban J connectivity index is 1.84. The van der Waals surface area contributed by atoms with Crippen LogP contribution in [0.4, 0.5) is 5.69 Å². The van der Waals surface area contributed by atoms with Gasteiger partial charge in [-0.1, -0.05) is 19.9 Å². The van der Waals surface area contributed by atoms with Crippen LogP contribution in [-0.2, 0) is 0 Å². The number of nitrogen functional groups attached to an aromatic ring is 1. The number of hydrogen-bond acceptors (Lipinski definition) is 4. The summed E-state index contributed by atoms with van der Waals surface area (Å²) in [6, 6.07) is 8.43. The van der Waals surface area contributed by atoms with Gasteiger partial charge in [-0.3, -0.25) is 4.79 Å². The Kier molecular flexibility index (Phi) is 3.68. The molecule has 1 aromatic carbocycles. The smallest absolute Gasteiger partial charge is 0.266 e. The summed E-state index contributed by atoms with van der Waals surface area (Å²) in [6.45, 7) is 6.02. The fourth-order valence-electron chi connectivity index (χ4n) is 3.30. The maximum atomic E-state index is 12.7. The molecule has 124 valence electrons. The quantitative estimate of drug-likeness (QED) is 0.753. The van der Waals surface area contributed by atoms with Gasteiger partial charge in [-0.15, -0.1) is 11.3 Å². The lowest BCUT2D eigenvalue weighted by Crippen LogP contribution is -2.27. The summed E-state index contributed by atoms with van der Waals surface area (Å²) in [7, 11) is 0. The van der Waals surface area contributed by atoms with Crippen molar-refractivity contribution in [1.29, 1.82) is 0 Å². The molecule has 2 N–H and O–H groups in total. The van der Waals surface area contributed by atoms with E-state index in [1.54, 1.807) is 0 Å². The number of carbonyl (C=O) groups excluding carboxylic acids is 1. The molecule has 1 aliphatic rings. The summed E-state index contributed by atoms with van der Waals surface area (Å²) in [6.07, 6.45) is 2.16. The third-order valence-corrected chi connectivity index (χ3v) is 5.89. The standard InChI is InChI=1S/C19H21N3OS/c1-11(2)12-5-6-15-13(9-12)10-14-16(20)17(24-18(14)21-15)19(23)22-7-3-4-8-22/h5-6,9-11H,3-4,7-8,20H2,1-2H3. The first-order valence-corrected chi connectivity index (χ1v) is 9.28. The molecule has 4 nitrogen and oxygen atoms in total. The van der Waals surface area contributed by atoms with Gasteiger partial charge in [-0.25, -0.2) is 4.98 Å². The number of aromatic nitrogens is 1. The van der Waals surface area contributed by atoms with Crippen LogP contribution in [0.2, 0.25) is 0 Å². The van der Waals surface area contributed by atoms with Crippen molar-refractivity contribution in [3.63, 3.8) is 0 Å². The summed E-state index contributed by atoms with van der Waals surface area (Å²) in [5, 5.41) is 1.98. The van der Waals surface area contributed by atoms with Crippen molar-refractivity contribution in [3.05, 3.63) is 34.7 Å². The molecule has 3 aromatic rings. The summed E-state index contributed by atoms with van der Waals surface area (Å²) in [5.41, 5.74) is 9.13. The van der Waals surface area contributed by atoms with Crippen LogP contribution in [0.3, 0.4) is 0 Å². The summed E-state index contributed by atoms with van der Waals surface area (Å²) in [4.78, 5) is 20.8. The molecule has 24 heavy (non-hydrogen) atoms. The number of carbonyl (C=O) groups is 1. The largest absolute Gasteiger partial charge is 0.397 e. The van der Waals surface area contributed by atoms with Gasteiger partial charge in [0, 0.05) is 23.9 Å². The third-order valence-electron chi connectivity index (χ3n) is 4.79. The van der Waals surface area contributed by atoms with Crippen molar-refractivity contribution < 1.29 is 4.79 Å². The highest BCUT2D eigenvalue weighted by atomic mass is 32.1. The number of amides is 1. The average molecular weight is 339 g/mol. The molecule has 1 saturated heterocycles. The molecule has 1 amide bonds. The molecule has 5 heteroatoms. The molecule has 0 bridgehead atoms. The van der Waals surface area contributed by atoms with Crippen LogP contribution in [-0.4, -0.2) is 28.9 Å². The zero-order valence-corrected chi connectivity index (χ0v) is 14.8. The lowest BCUT2D eigenvalue weighted by molar-refractivity contribution is 0.0798. The number of pyridine rings is 1. The van der Waals surface area contributed by atoms with Gasteiger partial charge >= 0.3 is 0 Å². The molecule has 0 aliphatic carbocycles. The first kappa shape index (κ1) is 15.4. The predicted molar refractivity (Wildman–Crippen MR) is 101 cm³/mol. The van der Waals surface area contributed by atoms with E-state index < -0.39 is 0 Å². The number of benzene rings is 1. The number of anilines is 1. The van der Waals surface area contributed by atoms with Crippen LogP contribution < -0.4 is 5.73 Å². The molecule has 0 unspecified atom stereocenters. The Hall–Kier alpha value is -2.14. The number of fused-ring (bicyclic) bond motifs is 2. The summed E-state index contributed by atoms with van der Waals surface area (Å²) < 4.78 is 0. The molecule has 2 aromatic heterocycles. The number of nitrogens with zero attached hydrogens (tertiary/aromatic N) is 2. The molecular weight excluding hydrogens is 318 g/mol. The van der Waals surface area contributed by atoms with Crippen molar-refractivity contribution >= 4 is 44.1 Å². The highest BCUT2D eigenvalue weighted by Crippen LogP contribution is 2.36. The summed E-state index contributed by atoms with van der Waals surface area (Å²) >= 11 is 1.42. The van der Waals surface area contributed by atoms with Crippen LogP contribution in [0.1, 0.15) is 47.8 Å². The van der Waals surface area contributed by atoms with E-state index in [0.29, 0.717) is 16.5 Å². The van der Waals surface area contributed by atoms with E-state index in [1.165, 1.54) is 16.9 Å². The van der Waals surface area contributed by atoms with E-state index in [0.717, 1.165) is 47.1 Å². The predicted octanol–water partition coefficient (Wildman–Crippen LogP) is 4.39. The van der Waals surface area contributed by atoms with Crippen LogP contribution in [0.5, 0.6) is 0 Å². The maximum absolute atomic E-state index is 12.7. The van der Waals surface area contributed by atoms with Crippen LogP contribution in [0.15, 0.2) is 24.3 Å². The Labute approximate surface area is 145 Å². The van der Waals surface area contributed by atoms with E-state index in [1.807, 2.05) is 4.90 Å². The number of hydrogen-bond donors (Lipinski definition) is 1. The van der Waals surface area contributed by atoms with Gasteiger partial charge in [0.15, 0.2) is 0 Å². The van der Waals surface area contributed by atoms with Gasteiger partial charge in [0.2, 0.25) is 0 Å². The maximum Gasteiger partial charge on any atom is 0.266 e. The molecule has 0 atom stereocenters. The van der Waals surface area contributed by atoms with Crippen LogP contribution >= 0.6 is 11.3 Å². The van der Waals surface area contributed by atoms with E-state index in [2.05, 4.69) is 38.1 Å². The molecule has 0 radical (unpaired) electrons. The highest BCUT2D eigenvalue weighted by Gasteiger charge is 2.25. The zero-order chi connectivity index (χ0) is 16.8. The lowest BCUT2D eigenvalue weighted by atomic mass is 10.0. The number of rotatable bonds is 2. The molecular formula is C19H21N3OS. The van der Waals surface area contributed by atoms with Gasteiger partial charge in [0.1, 0.15) is 9.71 Å². The Bertz CT molecular complexity index is 939. The second-order valence-corrected chi connectivity index (χ2v) is 7.79. The van der Waals surface area contributed by atoms with Gasteiger partial charge in [-0.2, -0.15) is 0 Å².